The van der Waals surface area contributed by atoms with Crippen LogP contribution in [0.15, 0.2) is 12.3 Å². The molecule has 1 aromatic heterocycles. The van der Waals surface area contributed by atoms with Crippen molar-refractivity contribution in [2.24, 2.45) is 0 Å². The Hall–Kier alpha value is -1.45. The van der Waals surface area contributed by atoms with Gasteiger partial charge in [-0.3, -0.25) is 4.98 Å². The molecule has 3 nitrogen and oxygen atoms in total. The number of halogens is 1. The average Bonchev–Trinajstić information content (AvgIpc) is 2.08. The van der Waals surface area contributed by atoms with Crippen molar-refractivity contribution >= 4 is 5.97 Å². The summed E-state index contributed by atoms with van der Waals surface area (Å²) in [7, 11) is 0. The topological polar surface area (TPSA) is 50.2 Å². The molecule has 70 valence electrons. The number of aromatic carboxylic acids is 1. The van der Waals surface area contributed by atoms with Crippen molar-refractivity contribution in [3.8, 4) is 0 Å². The Kier molecular flexibility index (Phi) is 2.95. The third-order valence-corrected chi connectivity index (χ3v) is 1.65. The minimum atomic E-state index is -1.16. The fourth-order valence-electron chi connectivity index (χ4n) is 1.00. The lowest BCUT2D eigenvalue weighted by atomic mass is 10.2. The second-order valence-corrected chi connectivity index (χ2v) is 2.71. The van der Waals surface area contributed by atoms with Crippen molar-refractivity contribution in [2.75, 3.05) is 0 Å². The van der Waals surface area contributed by atoms with Crippen LogP contribution in [0.4, 0.5) is 4.39 Å². The van der Waals surface area contributed by atoms with Gasteiger partial charge in [0.2, 0.25) is 0 Å². The molecule has 0 fully saturated rings. The minimum Gasteiger partial charge on any atom is -0.478 e. The fourth-order valence-corrected chi connectivity index (χ4v) is 1.00. The van der Waals surface area contributed by atoms with Gasteiger partial charge in [-0.25, -0.2) is 9.18 Å². The zero-order chi connectivity index (χ0) is 9.84. The van der Waals surface area contributed by atoms with Gasteiger partial charge in [0.25, 0.3) is 0 Å². The van der Waals surface area contributed by atoms with E-state index in [0.717, 1.165) is 12.5 Å². The molecule has 1 rings (SSSR count). The molecule has 4 heteroatoms. The normalized spacial score (nSPS) is 10.0. The number of nitrogens with zero attached hydrogens (tertiary/aromatic N) is 1. The largest absolute Gasteiger partial charge is 0.478 e. The van der Waals surface area contributed by atoms with Gasteiger partial charge < -0.3 is 5.11 Å². The van der Waals surface area contributed by atoms with Crippen molar-refractivity contribution in [1.82, 2.24) is 4.98 Å². The highest BCUT2D eigenvalue weighted by molar-refractivity contribution is 5.87. The van der Waals surface area contributed by atoms with Crippen LogP contribution < -0.4 is 0 Å². The second-order valence-electron chi connectivity index (χ2n) is 2.71. The molecule has 0 aliphatic carbocycles. The number of aromatic nitrogens is 1. The highest BCUT2D eigenvalue weighted by atomic mass is 19.1. The Morgan fingerprint density at radius 1 is 1.69 bits per heavy atom. The molecule has 0 aromatic carbocycles. The van der Waals surface area contributed by atoms with Crippen LogP contribution in [-0.4, -0.2) is 16.1 Å². The van der Waals surface area contributed by atoms with Crippen molar-refractivity contribution < 1.29 is 14.3 Å². The summed E-state index contributed by atoms with van der Waals surface area (Å²) in [6, 6.07) is 1.00. The molecule has 0 unspecified atom stereocenters. The van der Waals surface area contributed by atoms with Crippen molar-refractivity contribution in [3.63, 3.8) is 0 Å². The lowest BCUT2D eigenvalue weighted by molar-refractivity contribution is 0.0696. The first-order valence-electron chi connectivity index (χ1n) is 4.03. The molecule has 0 atom stereocenters. The van der Waals surface area contributed by atoms with Crippen LogP contribution in [0.3, 0.4) is 0 Å². The molecule has 0 radical (unpaired) electrons. The number of carbonyl (C=O) groups is 1. The highest BCUT2D eigenvalue weighted by Crippen LogP contribution is 2.08. The molecule has 1 N–H and O–H groups in total. The van der Waals surface area contributed by atoms with Gasteiger partial charge in [0.1, 0.15) is 5.82 Å². The van der Waals surface area contributed by atoms with Gasteiger partial charge in [0, 0.05) is 6.20 Å². The first-order valence-corrected chi connectivity index (χ1v) is 4.03. The van der Waals surface area contributed by atoms with Crippen LogP contribution >= 0.6 is 0 Å². The molecule has 0 aliphatic rings. The van der Waals surface area contributed by atoms with E-state index in [4.69, 9.17) is 5.11 Å². The SMILES string of the molecule is CCCc1ncc(C(=O)O)cc1F. The van der Waals surface area contributed by atoms with Crippen LogP contribution in [0.2, 0.25) is 0 Å². The number of pyridine rings is 1. The maximum Gasteiger partial charge on any atom is 0.337 e. The summed E-state index contributed by atoms with van der Waals surface area (Å²) >= 11 is 0. The lowest BCUT2D eigenvalue weighted by Crippen LogP contribution is -2.02. The van der Waals surface area contributed by atoms with Crippen molar-refractivity contribution in [2.45, 2.75) is 19.8 Å². The predicted octanol–water partition coefficient (Wildman–Crippen LogP) is 1.87. The first-order chi connectivity index (χ1) is 6.15. The molecule has 13 heavy (non-hydrogen) atoms. The van der Waals surface area contributed by atoms with Gasteiger partial charge in [-0.2, -0.15) is 0 Å². The van der Waals surface area contributed by atoms with Crippen molar-refractivity contribution in [3.05, 3.63) is 29.3 Å². The maximum atomic E-state index is 13.1. The fraction of sp³-hybridized carbons (Fsp3) is 0.333. The van der Waals surface area contributed by atoms with E-state index in [1.54, 1.807) is 0 Å². The van der Waals surface area contributed by atoms with Crippen LogP contribution in [0.25, 0.3) is 0 Å². The van der Waals surface area contributed by atoms with E-state index in [1.165, 1.54) is 6.20 Å². The second kappa shape index (κ2) is 3.98. The highest BCUT2D eigenvalue weighted by Gasteiger charge is 2.08. The van der Waals surface area contributed by atoms with E-state index >= 15 is 0 Å². The third kappa shape index (κ3) is 2.24. The number of carboxylic acid groups (broad SMARTS) is 1. The zero-order valence-corrected chi connectivity index (χ0v) is 7.25. The summed E-state index contributed by atoms with van der Waals surface area (Å²) in [5.74, 6) is -1.70. The molecule has 1 heterocycles. The Balaban J connectivity index is 2.98. The molecule has 0 aliphatic heterocycles. The van der Waals surface area contributed by atoms with E-state index in [0.29, 0.717) is 12.1 Å². The number of aryl methyl sites for hydroxylation is 1. The molecule has 0 saturated carbocycles. The standard InChI is InChI=1S/C9H10FNO2/c1-2-3-8-7(10)4-6(5-11-8)9(12)13/h4-5H,2-3H2,1H3,(H,12,13). The van der Waals surface area contributed by atoms with Gasteiger partial charge >= 0.3 is 5.97 Å². The number of rotatable bonds is 3. The predicted molar refractivity (Wildman–Crippen MR) is 45.1 cm³/mol. The summed E-state index contributed by atoms with van der Waals surface area (Å²) in [6.07, 6.45) is 2.50. The minimum absolute atomic E-state index is 0.114. The molecule has 0 spiro atoms. The quantitative estimate of drug-likeness (QED) is 0.778. The van der Waals surface area contributed by atoms with E-state index in [9.17, 15) is 9.18 Å². The average molecular weight is 183 g/mol. The van der Waals surface area contributed by atoms with Crippen LogP contribution in [-0.2, 0) is 6.42 Å². The summed E-state index contributed by atoms with van der Waals surface area (Å²) in [6.45, 7) is 1.91. The van der Waals surface area contributed by atoms with Gasteiger partial charge in [-0.15, -0.1) is 0 Å². The summed E-state index contributed by atoms with van der Waals surface area (Å²) in [5.41, 5.74) is 0.213. The number of hydrogen-bond acceptors (Lipinski definition) is 2. The van der Waals surface area contributed by atoms with E-state index in [1.807, 2.05) is 6.92 Å². The molecule has 1 aromatic rings. The van der Waals surface area contributed by atoms with Gasteiger partial charge in [-0.05, 0) is 12.5 Å². The number of carboxylic acids is 1. The monoisotopic (exact) mass is 183 g/mol. The van der Waals surface area contributed by atoms with E-state index < -0.39 is 11.8 Å². The number of hydrogen-bond donors (Lipinski definition) is 1. The Morgan fingerprint density at radius 3 is 2.85 bits per heavy atom. The van der Waals surface area contributed by atoms with Crippen LogP contribution in [0.1, 0.15) is 29.4 Å². The molecule has 0 bridgehead atoms. The molecular formula is C9H10FNO2. The zero-order valence-electron chi connectivity index (χ0n) is 7.25. The Labute approximate surface area is 75.2 Å². The van der Waals surface area contributed by atoms with E-state index in [2.05, 4.69) is 4.98 Å². The Bertz CT molecular complexity index is 325. The van der Waals surface area contributed by atoms with E-state index in [-0.39, 0.29) is 5.56 Å². The molecule has 0 saturated heterocycles. The third-order valence-electron chi connectivity index (χ3n) is 1.65. The smallest absolute Gasteiger partial charge is 0.337 e. The van der Waals surface area contributed by atoms with Crippen LogP contribution in [0, 0.1) is 5.82 Å². The summed E-state index contributed by atoms with van der Waals surface area (Å²) in [4.78, 5) is 14.1. The van der Waals surface area contributed by atoms with Gasteiger partial charge in [0.15, 0.2) is 0 Å². The maximum absolute atomic E-state index is 13.1. The first kappa shape index (κ1) is 9.64. The van der Waals surface area contributed by atoms with Crippen LogP contribution in [0.5, 0.6) is 0 Å². The summed E-state index contributed by atoms with van der Waals surface area (Å²) < 4.78 is 13.1. The molecule has 0 amide bonds. The van der Waals surface area contributed by atoms with Gasteiger partial charge in [0.05, 0.1) is 11.3 Å². The summed E-state index contributed by atoms with van der Waals surface area (Å²) in [5, 5.41) is 8.52. The molecular weight excluding hydrogens is 173 g/mol. The van der Waals surface area contributed by atoms with Crippen molar-refractivity contribution in [1.29, 1.82) is 0 Å². The van der Waals surface area contributed by atoms with Gasteiger partial charge in [-0.1, -0.05) is 13.3 Å². The Morgan fingerprint density at radius 2 is 2.38 bits per heavy atom. The lowest BCUT2D eigenvalue weighted by Gasteiger charge is -2.00.